The van der Waals surface area contributed by atoms with Gasteiger partial charge < -0.3 is 19.5 Å². The Morgan fingerprint density at radius 2 is 1.28 bits per heavy atom. The van der Waals surface area contributed by atoms with Gasteiger partial charge in [-0.1, -0.05) is 87.1 Å². The molecule has 2 aliphatic carbocycles. The average molecular weight is 809 g/mol. The first-order valence-electron chi connectivity index (χ1n) is 21.1. The Kier molecular flexibility index (Phi) is 15.2. The molecule has 0 spiro atoms. The number of anilines is 2. The summed E-state index contributed by atoms with van der Waals surface area (Å²) in [5, 5.41) is 13.8. The number of Topliss-reactive ketones (excluding diaryl/α,β-unsaturated/α-hetero) is 1. The largest absolute Gasteiger partial charge is 0.871 e. The molecule has 0 amide bonds. The van der Waals surface area contributed by atoms with Crippen molar-refractivity contribution >= 4 is 46.1 Å². The molecule has 0 aliphatic heterocycles. The van der Waals surface area contributed by atoms with E-state index < -0.39 is 11.9 Å². The van der Waals surface area contributed by atoms with Crippen LogP contribution in [0.15, 0.2) is 126 Å². The van der Waals surface area contributed by atoms with Crippen molar-refractivity contribution in [3.8, 4) is 0 Å². The molecule has 3 aromatic rings. The number of allylic oxidation sites excluding steroid dienone is 7. The molecule has 0 heterocycles. The molecule has 2 aliphatic rings. The van der Waals surface area contributed by atoms with Gasteiger partial charge in [-0.05, 0) is 120 Å². The van der Waals surface area contributed by atoms with Gasteiger partial charge in [0.2, 0.25) is 11.4 Å². The highest BCUT2D eigenvalue weighted by atomic mass is 16.5. The maximum Gasteiger partial charge on any atom is 0.333 e. The molecule has 0 N–H and O–H groups in total. The SMILES string of the molecule is C=C(C)C(=O)OC(CCCC)CN(c1ccc(C2=C([O-])C(=C3C=CC(=[N+](CC(CCCC)OC(=O)C(=C)C)c4ccc(C)cc4C)C=C3)C2=O)cc1)c1ccc(C)cc1C. The molecule has 0 fully saturated rings. The Labute approximate surface area is 356 Å². The van der Waals surface area contributed by atoms with Gasteiger partial charge >= 0.3 is 11.9 Å². The minimum absolute atomic E-state index is 0.157. The number of hydrogen-bond donors (Lipinski definition) is 0. The molecule has 60 heavy (non-hydrogen) atoms. The summed E-state index contributed by atoms with van der Waals surface area (Å²) in [4.78, 5) is 41.2. The maximum atomic E-state index is 13.8. The molecular weight excluding hydrogens is 749 g/mol. The molecule has 2 unspecified atom stereocenters. The monoisotopic (exact) mass is 808 g/mol. The van der Waals surface area contributed by atoms with Crippen LogP contribution in [0.25, 0.3) is 5.57 Å². The molecule has 0 saturated carbocycles. The summed E-state index contributed by atoms with van der Waals surface area (Å²) in [6.45, 7) is 24.1. The number of ketones is 1. The van der Waals surface area contributed by atoms with Crippen LogP contribution in [0.2, 0.25) is 0 Å². The number of nitrogens with zero attached hydrogens (tertiary/aromatic N) is 2. The van der Waals surface area contributed by atoms with Crippen LogP contribution in [0.1, 0.15) is 94.0 Å². The zero-order valence-corrected chi connectivity index (χ0v) is 36.7. The van der Waals surface area contributed by atoms with Crippen LogP contribution in [0.5, 0.6) is 0 Å². The predicted molar refractivity (Wildman–Crippen MR) is 241 cm³/mol. The van der Waals surface area contributed by atoms with Crippen molar-refractivity contribution in [3.63, 3.8) is 0 Å². The topological polar surface area (TPSA) is 99.0 Å². The van der Waals surface area contributed by atoms with Crippen LogP contribution in [-0.2, 0) is 23.9 Å². The number of carbonyl (C=O) groups is 3. The molecule has 0 saturated heterocycles. The Morgan fingerprint density at radius 1 is 0.733 bits per heavy atom. The molecule has 0 bridgehead atoms. The lowest BCUT2D eigenvalue weighted by atomic mass is 9.80. The van der Waals surface area contributed by atoms with Crippen LogP contribution in [0, 0.1) is 27.7 Å². The highest BCUT2D eigenvalue weighted by molar-refractivity contribution is 6.39. The first kappa shape index (κ1) is 45.1. The van der Waals surface area contributed by atoms with Gasteiger partial charge in [0.1, 0.15) is 6.10 Å². The van der Waals surface area contributed by atoms with Gasteiger partial charge in [0.15, 0.2) is 18.4 Å². The number of hydrogen-bond acceptors (Lipinski definition) is 7. The number of aryl methyl sites for hydroxylation is 4. The minimum atomic E-state index is -0.413. The first-order chi connectivity index (χ1) is 28.6. The van der Waals surface area contributed by atoms with E-state index in [2.05, 4.69) is 101 Å². The molecule has 0 radical (unpaired) electrons. The highest BCUT2D eigenvalue weighted by Gasteiger charge is 2.32. The maximum absolute atomic E-state index is 13.8. The van der Waals surface area contributed by atoms with Gasteiger partial charge in [-0.15, -0.1) is 0 Å². The number of ether oxygens (including phenoxy) is 2. The average Bonchev–Trinajstić information content (AvgIpc) is 3.21. The fraction of sp³-hybridized carbons (Fsp3) is 0.346. The van der Waals surface area contributed by atoms with E-state index in [1.54, 1.807) is 13.8 Å². The molecule has 5 rings (SSSR count). The lowest BCUT2D eigenvalue weighted by Crippen LogP contribution is -2.33. The van der Waals surface area contributed by atoms with Crippen molar-refractivity contribution in [3.05, 3.63) is 154 Å². The summed E-state index contributed by atoms with van der Waals surface area (Å²) in [6, 6.07) is 20.0. The number of carbonyl (C=O) groups excluding carboxylic acids is 3. The zero-order chi connectivity index (χ0) is 43.7. The zero-order valence-electron chi connectivity index (χ0n) is 36.7. The molecule has 8 heteroatoms. The van der Waals surface area contributed by atoms with Crippen molar-refractivity contribution < 1.29 is 33.5 Å². The summed E-state index contributed by atoms with van der Waals surface area (Å²) in [7, 11) is 0. The Hall–Kier alpha value is -6.02. The highest BCUT2D eigenvalue weighted by Crippen LogP contribution is 2.39. The van der Waals surface area contributed by atoms with E-state index in [0.29, 0.717) is 48.2 Å². The number of unbranched alkanes of at least 4 members (excludes halogenated alkanes) is 2. The predicted octanol–water partition coefficient (Wildman–Crippen LogP) is 10.3. The normalized spacial score (nSPS) is 14.5. The Bertz CT molecular complexity index is 2300. The summed E-state index contributed by atoms with van der Waals surface area (Å²) >= 11 is 0. The number of esters is 2. The van der Waals surface area contributed by atoms with Crippen molar-refractivity contribution in [1.82, 2.24) is 0 Å². The van der Waals surface area contributed by atoms with Gasteiger partial charge in [-0.2, -0.15) is 4.58 Å². The van der Waals surface area contributed by atoms with E-state index in [9.17, 15) is 19.5 Å². The Morgan fingerprint density at radius 3 is 1.82 bits per heavy atom. The third-order valence-electron chi connectivity index (χ3n) is 10.9. The summed E-state index contributed by atoms with van der Waals surface area (Å²) in [6.07, 6.45) is 11.8. The number of rotatable bonds is 18. The minimum Gasteiger partial charge on any atom is -0.871 e. The van der Waals surface area contributed by atoms with E-state index >= 15 is 0 Å². The van der Waals surface area contributed by atoms with Crippen LogP contribution >= 0.6 is 0 Å². The van der Waals surface area contributed by atoms with Gasteiger partial charge in [-0.3, -0.25) is 4.79 Å². The van der Waals surface area contributed by atoms with E-state index in [4.69, 9.17) is 9.47 Å². The molecular formula is C52H60N2O6. The van der Waals surface area contributed by atoms with Crippen LogP contribution in [0.4, 0.5) is 17.1 Å². The summed E-state index contributed by atoms with van der Waals surface area (Å²) < 4.78 is 14.0. The van der Waals surface area contributed by atoms with Crippen LogP contribution < -0.4 is 10.0 Å². The standard InChI is InChI=1S/C52H60N2O6/c1-11-13-15-43(59-51(57)33(3)4)31-53(45-27-17-35(7)29-37(45)9)41-23-19-39(20-24-41)47-49(55)48(50(47)56)40-21-25-42(26-22-40)54(46-28-18-36(8)30-38(46)10)32-44(16-14-12-2)60-52(58)34(5)6/h17-30,43-44H,3,5,11-16,31-32H2,1-2,4,6-10H3. The molecule has 0 aromatic heterocycles. The summed E-state index contributed by atoms with van der Waals surface area (Å²) in [5.74, 6) is -1.42. The number of benzene rings is 3. The molecule has 2 atom stereocenters. The second-order valence-electron chi connectivity index (χ2n) is 16.2. The van der Waals surface area contributed by atoms with Crippen molar-refractivity contribution in [2.45, 2.75) is 106 Å². The van der Waals surface area contributed by atoms with E-state index in [1.807, 2.05) is 48.6 Å². The van der Waals surface area contributed by atoms with Crippen LogP contribution in [0.3, 0.4) is 0 Å². The van der Waals surface area contributed by atoms with Crippen molar-refractivity contribution in [2.75, 3.05) is 18.0 Å². The fourth-order valence-electron chi connectivity index (χ4n) is 7.59. The molecule has 3 aromatic carbocycles. The van der Waals surface area contributed by atoms with Crippen LogP contribution in [-0.4, -0.2) is 53.3 Å². The van der Waals surface area contributed by atoms with Gasteiger partial charge in [0.25, 0.3) is 0 Å². The smallest absolute Gasteiger partial charge is 0.333 e. The van der Waals surface area contributed by atoms with Gasteiger partial charge in [0.05, 0.1) is 6.54 Å². The summed E-state index contributed by atoms with van der Waals surface area (Å²) in [5.41, 5.74) is 10.2. The van der Waals surface area contributed by atoms with Gasteiger partial charge in [0, 0.05) is 57.4 Å². The Balaban J connectivity index is 1.46. The van der Waals surface area contributed by atoms with Crippen molar-refractivity contribution in [1.29, 1.82) is 0 Å². The molecule has 8 nitrogen and oxygen atoms in total. The quantitative estimate of drug-likeness (QED) is 0.0717. The fourth-order valence-corrected chi connectivity index (χ4v) is 7.59. The van der Waals surface area contributed by atoms with Gasteiger partial charge in [-0.25, -0.2) is 9.59 Å². The lowest BCUT2D eigenvalue weighted by molar-refractivity contribution is -0.451. The lowest BCUT2D eigenvalue weighted by Gasteiger charge is -2.33. The second-order valence-corrected chi connectivity index (χ2v) is 16.2. The van der Waals surface area contributed by atoms with Crippen molar-refractivity contribution in [2.24, 2.45) is 0 Å². The molecule has 314 valence electrons. The third-order valence-corrected chi connectivity index (χ3v) is 10.9. The second kappa shape index (κ2) is 20.3. The van der Waals surface area contributed by atoms with E-state index in [-0.39, 0.29) is 34.9 Å². The van der Waals surface area contributed by atoms with E-state index in [1.165, 1.54) is 0 Å². The third kappa shape index (κ3) is 10.8. The first-order valence-corrected chi connectivity index (χ1v) is 21.1. The van der Waals surface area contributed by atoms with E-state index in [0.717, 1.165) is 70.7 Å².